The first kappa shape index (κ1) is 19.8. The fourth-order valence-corrected chi connectivity index (χ4v) is 4.01. The van der Waals surface area contributed by atoms with Gasteiger partial charge in [0.15, 0.2) is 0 Å². The predicted molar refractivity (Wildman–Crippen MR) is 102 cm³/mol. The minimum Gasteiger partial charge on any atom is -0.383 e. The van der Waals surface area contributed by atoms with Crippen LogP contribution in [-0.4, -0.2) is 55.3 Å². The molecule has 0 aromatic heterocycles. The third-order valence-electron chi connectivity index (χ3n) is 5.74. The highest BCUT2D eigenvalue weighted by Gasteiger charge is 2.53. The molecule has 1 heterocycles. The van der Waals surface area contributed by atoms with Gasteiger partial charge in [0.1, 0.15) is 11.8 Å². The number of amides is 2. The summed E-state index contributed by atoms with van der Waals surface area (Å²) >= 11 is 0. The lowest BCUT2D eigenvalue weighted by molar-refractivity contribution is -0.128. The van der Waals surface area contributed by atoms with Crippen LogP contribution in [0.15, 0.2) is 24.3 Å². The molecule has 1 saturated carbocycles. The quantitative estimate of drug-likeness (QED) is 0.804. The third-order valence-corrected chi connectivity index (χ3v) is 5.74. The summed E-state index contributed by atoms with van der Waals surface area (Å²) in [6, 6.07) is 6.90. The van der Waals surface area contributed by atoms with Gasteiger partial charge >= 0.3 is 0 Å². The van der Waals surface area contributed by atoms with E-state index in [0.29, 0.717) is 24.6 Å². The molecule has 1 atom stereocenters. The molecule has 1 spiro atoms. The highest BCUT2D eigenvalue weighted by molar-refractivity contribution is 5.98. The lowest BCUT2D eigenvalue weighted by Crippen LogP contribution is -2.57. The summed E-state index contributed by atoms with van der Waals surface area (Å²) in [7, 11) is 1.59. The Kier molecular flexibility index (Phi) is 6.17. The Morgan fingerprint density at radius 1 is 1.26 bits per heavy atom. The van der Waals surface area contributed by atoms with Crippen molar-refractivity contribution < 1.29 is 19.1 Å². The van der Waals surface area contributed by atoms with Crippen LogP contribution in [-0.2, 0) is 14.3 Å². The van der Waals surface area contributed by atoms with E-state index in [9.17, 15) is 9.59 Å². The van der Waals surface area contributed by atoms with Crippen molar-refractivity contribution in [2.75, 3.05) is 26.9 Å². The Morgan fingerprint density at radius 2 is 1.93 bits per heavy atom. The van der Waals surface area contributed by atoms with Gasteiger partial charge in [-0.2, -0.15) is 0 Å². The maximum Gasteiger partial charge on any atom is 0.256 e. The zero-order valence-corrected chi connectivity index (χ0v) is 16.5. The molecule has 6 nitrogen and oxygen atoms in total. The smallest absolute Gasteiger partial charge is 0.256 e. The number of methoxy groups -OCH3 is 1. The van der Waals surface area contributed by atoms with Crippen molar-refractivity contribution in [2.45, 2.75) is 51.3 Å². The van der Waals surface area contributed by atoms with Crippen LogP contribution >= 0.6 is 0 Å². The Bertz CT molecular complexity index is 665. The van der Waals surface area contributed by atoms with Crippen molar-refractivity contribution in [1.82, 2.24) is 10.2 Å². The molecule has 1 aliphatic carbocycles. The van der Waals surface area contributed by atoms with Crippen molar-refractivity contribution in [1.29, 1.82) is 0 Å². The molecule has 27 heavy (non-hydrogen) atoms. The van der Waals surface area contributed by atoms with Gasteiger partial charge in [-0.15, -0.1) is 0 Å². The van der Waals surface area contributed by atoms with E-state index in [4.69, 9.17) is 9.47 Å². The monoisotopic (exact) mass is 374 g/mol. The van der Waals surface area contributed by atoms with Crippen LogP contribution in [0.1, 0.15) is 48.5 Å². The standard InChI is InChI=1S/C21H30N2O4/c1-15-4-6-17(7-5-15)20(25)23-18(19(24)22-12-13-26-3)14-27-21(23)10-8-16(2)9-11-21/h4-7,16,18H,8-14H2,1-3H3,(H,22,24). The molecule has 1 aliphatic heterocycles. The van der Waals surface area contributed by atoms with Gasteiger partial charge in [-0.1, -0.05) is 24.6 Å². The fourth-order valence-electron chi connectivity index (χ4n) is 4.01. The number of nitrogens with zero attached hydrogens (tertiary/aromatic N) is 1. The van der Waals surface area contributed by atoms with Crippen molar-refractivity contribution >= 4 is 11.8 Å². The maximum atomic E-state index is 13.4. The normalized spacial score (nSPS) is 27.7. The number of rotatable bonds is 5. The van der Waals surface area contributed by atoms with E-state index in [1.807, 2.05) is 31.2 Å². The van der Waals surface area contributed by atoms with Gasteiger partial charge in [0.05, 0.1) is 13.2 Å². The van der Waals surface area contributed by atoms with E-state index >= 15 is 0 Å². The van der Waals surface area contributed by atoms with E-state index in [1.165, 1.54) is 0 Å². The minimum atomic E-state index is -0.669. The van der Waals surface area contributed by atoms with Crippen LogP contribution in [0.25, 0.3) is 0 Å². The molecular formula is C21H30N2O4. The van der Waals surface area contributed by atoms with Crippen LogP contribution in [0.4, 0.5) is 0 Å². The average Bonchev–Trinajstić information content (AvgIpc) is 3.03. The summed E-state index contributed by atoms with van der Waals surface area (Å²) in [5.74, 6) is 0.307. The topological polar surface area (TPSA) is 67.9 Å². The Morgan fingerprint density at radius 3 is 2.56 bits per heavy atom. The highest BCUT2D eigenvalue weighted by atomic mass is 16.5. The van der Waals surface area contributed by atoms with Gasteiger partial charge in [-0.3, -0.25) is 14.5 Å². The number of aryl methyl sites for hydroxylation is 1. The number of nitrogens with one attached hydrogen (secondary N) is 1. The van der Waals surface area contributed by atoms with E-state index in [-0.39, 0.29) is 18.4 Å². The second kappa shape index (κ2) is 8.40. The molecule has 1 aromatic rings. The first-order chi connectivity index (χ1) is 13.0. The van der Waals surface area contributed by atoms with Crippen LogP contribution in [0.5, 0.6) is 0 Å². The highest BCUT2D eigenvalue weighted by Crippen LogP contribution is 2.43. The number of ether oxygens (including phenoxy) is 2. The number of carbonyl (C=O) groups excluding carboxylic acids is 2. The van der Waals surface area contributed by atoms with Crippen LogP contribution in [0, 0.1) is 12.8 Å². The minimum absolute atomic E-state index is 0.131. The van der Waals surface area contributed by atoms with Gasteiger partial charge in [-0.05, 0) is 50.7 Å². The number of benzene rings is 1. The van der Waals surface area contributed by atoms with Gasteiger partial charge < -0.3 is 14.8 Å². The Labute approximate surface area is 161 Å². The molecule has 2 amide bonds. The second-order valence-corrected chi connectivity index (χ2v) is 7.78. The van der Waals surface area contributed by atoms with E-state index in [1.54, 1.807) is 12.0 Å². The summed E-state index contributed by atoms with van der Waals surface area (Å²) in [4.78, 5) is 27.9. The molecule has 1 unspecified atom stereocenters. The first-order valence-electron chi connectivity index (χ1n) is 9.78. The SMILES string of the molecule is COCCNC(=O)C1COC2(CCC(C)CC2)N1C(=O)c1ccc(C)cc1. The zero-order valence-electron chi connectivity index (χ0n) is 16.5. The van der Waals surface area contributed by atoms with Crippen LogP contribution in [0.3, 0.4) is 0 Å². The second-order valence-electron chi connectivity index (χ2n) is 7.78. The van der Waals surface area contributed by atoms with Crippen molar-refractivity contribution in [3.05, 3.63) is 35.4 Å². The van der Waals surface area contributed by atoms with Crippen molar-refractivity contribution in [3.8, 4) is 0 Å². The lowest BCUT2D eigenvalue weighted by Gasteiger charge is -2.43. The van der Waals surface area contributed by atoms with Gasteiger partial charge in [-0.25, -0.2) is 0 Å². The van der Waals surface area contributed by atoms with Crippen molar-refractivity contribution in [3.63, 3.8) is 0 Å². The lowest BCUT2D eigenvalue weighted by atomic mass is 9.83. The Hall–Kier alpha value is -1.92. The first-order valence-corrected chi connectivity index (χ1v) is 9.78. The summed E-state index contributed by atoms with van der Waals surface area (Å²) in [6.07, 6.45) is 3.53. The van der Waals surface area contributed by atoms with Crippen molar-refractivity contribution in [2.24, 2.45) is 5.92 Å². The molecular weight excluding hydrogens is 344 g/mol. The fraction of sp³-hybridized carbons (Fsp3) is 0.619. The molecule has 0 radical (unpaired) electrons. The molecule has 1 aromatic carbocycles. The molecule has 2 fully saturated rings. The number of hydrogen-bond acceptors (Lipinski definition) is 4. The summed E-state index contributed by atoms with van der Waals surface area (Å²) in [6.45, 7) is 5.31. The molecule has 1 saturated heterocycles. The average molecular weight is 374 g/mol. The van der Waals surface area contributed by atoms with E-state index in [0.717, 1.165) is 31.2 Å². The summed E-state index contributed by atoms with van der Waals surface area (Å²) in [5, 5.41) is 2.86. The molecule has 148 valence electrons. The predicted octanol–water partition coefficient (Wildman–Crippen LogP) is 2.51. The zero-order chi connectivity index (χ0) is 19.4. The molecule has 2 aliphatic rings. The van der Waals surface area contributed by atoms with E-state index < -0.39 is 11.8 Å². The summed E-state index contributed by atoms with van der Waals surface area (Å²) in [5.41, 5.74) is 1.02. The molecule has 0 bridgehead atoms. The molecule has 3 rings (SSSR count). The Balaban J connectivity index is 1.86. The third kappa shape index (κ3) is 4.17. The number of carbonyl (C=O) groups is 2. The van der Waals surface area contributed by atoms with Gasteiger partial charge in [0.25, 0.3) is 5.91 Å². The summed E-state index contributed by atoms with van der Waals surface area (Å²) < 4.78 is 11.2. The molecule has 6 heteroatoms. The maximum absolute atomic E-state index is 13.4. The van der Waals surface area contributed by atoms with Gasteiger partial charge in [0, 0.05) is 19.2 Å². The van der Waals surface area contributed by atoms with Gasteiger partial charge in [0.2, 0.25) is 5.91 Å². The van der Waals surface area contributed by atoms with Crippen LogP contribution in [0.2, 0.25) is 0 Å². The van der Waals surface area contributed by atoms with E-state index in [2.05, 4.69) is 12.2 Å². The number of hydrogen-bond donors (Lipinski definition) is 1. The largest absolute Gasteiger partial charge is 0.383 e. The van der Waals surface area contributed by atoms with Crippen LogP contribution < -0.4 is 5.32 Å². The molecule has 1 N–H and O–H groups in total.